The van der Waals surface area contributed by atoms with E-state index in [4.69, 9.17) is 5.26 Å². The summed E-state index contributed by atoms with van der Waals surface area (Å²) < 4.78 is 0. The van der Waals surface area contributed by atoms with E-state index in [9.17, 15) is 5.11 Å². The minimum absolute atomic E-state index is 0.430. The third-order valence-electron chi connectivity index (χ3n) is 3.28. The Morgan fingerprint density at radius 3 is 2.85 bits per heavy atom. The molecule has 2 heteroatoms. The Bertz CT molecular complexity index is 209. The molecule has 2 nitrogen and oxygen atoms in total. The van der Waals surface area contributed by atoms with Crippen LogP contribution >= 0.6 is 0 Å². The number of rotatable bonds is 2. The number of aliphatic hydroxyl groups excluding tert-OH is 1. The van der Waals surface area contributed by atoms with Crippen LogP contribution in [0.4, 0.5) is 0 Å². The van der Waals surface area contributed by atoms with Gasteiger partial charge in [-0.25, -0.2) is 0 Å². The summed E-state index contributed by atoms with van der Waals surface area (Å²) in [6.07, 6.45) is 4.31. The smallest absolute Gasteiger partial charge is 0.0834 e. The van der Waals surface area contributed by atoms with Crippen LogP contribution in [-0.2, 0) is 0 Å². The van der Waals surface area contributed by atoms with Gasteiger partial charge in [-0.1, -0.05) is 26.7 Å². The topological polar surface area (TPSA) is 44.0 Å². The predicted octanol–water partition coefficient (Wildman–Crippen LogP) is 2.48. The van der Waals surface area contributed by atoms with Crippen LogP contribution < -0.4 is 0 Å². The van der Waals surface area contributed by atoms with Gasteiger partial charge >= 0.3 is 0 Å². The molecule has 1 aliphatic carbocycles. The fourth-order valence-electron chi connectivity index (χ4n) is 2.46. The van der Waals surface area contributed by atoms with E-state index in [0.29, 0.717) is 12.3 Å². The fraction of sp³-hybridized carbons (Fsp3) is 0.909. The Morgan fingerprint density at radius 1 is 1.69 bits per heavy atom. The molecular weight excluding hydrogens is 162 g/mol. The summed E-state index contributed by atoms with van der Waals surface area (Å²) >= 11 is 0. The molecule has 0 aliphatic heterocycles. The van der Waals surface area contributed by atoms with Crippen LogP contribution in [0.25, 0.3) is 0 Å². The molecular formula is C11H19NO. The molecule has 0 bridgehead atoms. The molecule has 3 atom stereocenters. The summed E-state index contributed by atoms with van der Waals surface area (Å²) in [5, 5.41) is 19.0. The Morgan fingerprint density at radius 2 is 2.38 bits per heavy atom. The Kier molecular flexibility index (Phi) is 3.33. The highest BCUT2D eigenvalue weighted by atomic mass is 16.3. The zero-order valence-electron chi connectivity index (χ0n) is 8.58. The summed E-state index contributed by atoms with van der Waals surface area (Å²) in [5.41, 5.74) is -0.438. The Balaban J connectivity index is 2.74. The first-order valence-electron chi connectivity index (χ1n) is 5.24. The molecule has 74 valence electrons. The normalized spacial score (nSPS) is 36.6. The van der Waals surface area contributed by atoms with Crippen LogP contribution in [-0.4, -0.2) is 11.2 Å². The number of nitrogens with zero attached hydrogens (tertiary/aromatic N) is 1. The molecule has 0 spiro atoms. The van der Waals surface area contributed by atoms with Crippen LogP contribution in [0.5, 0.6) is 0 Å². The standard InChI is InChI=1S/C11H19NO/c1-3-10(13)11(8-12)6-4-5-9(2)7-11/h9-10,13H,3-7H2,1-2H3. The molecule has 0 saturated heterocycles. The first-order chi connectivity index (χ1) is 6.14. The van der Waals surface area contributed by atoms with Crippen molar-refractivity contribution in [1.29, 1.82) is 5.26 Å². The minimum atomic E-state index is -0.438. The fourth-order valence-corrected chi connectivity index (χ4v) is 2.46. The largest absolute Gasteiger partial charge is 0.391 e. The van der Waals surface area contributed by atoms with E-state index in [1.54, 1.807) is 0 Å². The molecule has 0 amide bonds. The lowest BCUT2D eigenvalue weighted by Crippen LogP contribution is -2.37. The number of nitriles is 1. The summed E-state index contributed by atoms with van der Waals surface area (Å²) in [5.74, 6) is 0.592. The lowest BCUT2D eigenvalue weighted by Gasteiger charge is -2.37. The van der Waals surface area contributed by atoms with Crippen molar-refractivity contribution in [2.24, 2.45) is 11.3 Å². The third-order valence-corrected chi connectivity index (χ3v) is 3.28. The molecule has 1 N–H and O–H groups in total. The van der Waals surface area contributed by atoms with Crippen molar-refractivity contribution in [1.82, 2.24) is 0 Å². The van der Waals surface area contributed by atoms with Crippen molar-refractivity contribution in [3.05, 3.63) is 0 Å². The maximum absolute atomic E-state index is 9.83. The summed E-state index contributed by atoms with van der Waals surface area (Å²) in [6.45, 7) is 4.12. The van der Waals surface area contributed by atoms with Gasteiger partial charge in [0.25, 0.3) is 0 Å². The van der Waals surface area contributed by atoms with Crippen molar-refractivity contribution in [3.63, 3.8) is 0 Å². The maximum atomic E-state index is 9.83. The first kappa shape index (κ1) is 10.5. The molecule has 1 fully saturated rings. The van der Waals surface area contributed by atoms with Gasteiger partial charge in [-0.2, -0.15) is 5.26 Å². The summed E-state index contributed by atoms with van der Waals surface area (Å²) in [7, 11) is 0. The van der Waals surface area contributed by atoms with Crippen molar-refractivity contribution in [2.75, 3.05) is 0 Å². The van der Waals surface area contributed by atoms with Gasteiger partial charge in [-0.15, -0.1) is 0 Å². The maximum Gasteiger partial charge on any atom is 0.0834 e. The van der Waals surface area contributed by atoms with Gasteiger partial charge in [0.15, 0.2) is 0 Å². The van der Waals surface area contributed by atoms with E-state index < -0.39 is 11.5 Å². The lowest BCUT2D eigenvalue weighted by molar-refractivity contribution is 0.0210. The SMILES string of the molecule is CCC(O)C1(C#N)CCCC(C)C1. The van der Waals surface area contributed by atoms with Crippen LogP contribution in [0.15, 0.2) is 0 Å². The molecule has 0 heterocycles. The van der Waals surface area contributed by atoms with Gasteiger partial charge in [0.05, 0.1) is 17.6 Å². The van der Waals surface area contributed by atoms with Crippen LogP contribution in [0, 0.1) is 22.7 Å². The summed E-state index contributed by atoms with van der Waals surface area (Å²) in [4.78, 5) is 0. The molecule has 3 unspecified atom stereocenters. The average molecular weight is 181 g/mol. The van der Waals surface area contributed by atoms with Crippen LogP contribution in [0.3, 0.4) is 0 Å². The number of aliphatic hydroxyl groups is 1. The van der Waals surface area contributed by atoms with Crippen molar-refractivity contribution in [3.8, 4) is 6.07 Å². The second-order valence-electron chi connectivity index (χ2n) is 4.39. The van der Waals surface area contributed by atoms with Crippen LogP contribution in [0.2, 0.25) is 0 Å². The van der Waals surface area contributed by atoms with E-state index >= 15 is 0 Å². The van der Waals surface area contributed by atoms with Crippen molar-refractivity contribution >= 4 is 0 Å². The second kappa shape index (κ2) is 4.11. The zero-order valence-corrected chi connectivity index (χ0v) is 8.58. The second-order valence-corrected chi connectivity index (χ2v) is 4.39. The van der Waals surface area contributed by atoms with E-state index in [1.165, 1.54) is 6.42 Å². The first-order valence-corrected chi connectivity index (χ1v) is 5.24. The number of hydrogen-bond donors (Lipinski definition) is 1. The van der Waals surface area contributed by atoms with Crippen molar-refractivity contribution in [2.45, 2.75) is 52.1 Å². The zero-order chi connectivity index (χ0) is 9.90. The van der Waals surface area contributed by atoms with Gasteiger partial charge in [-0.3, -0.25) is 0 Å². The molecule has 1 aliphatic rings. The predicted molar refractivity (Wildman–Crippen MR) is 52.0 cm³/mol. The Hall–Kier alpha value is -0.550. The van der Waals surface area contributed by atoms with Crippen molar-refractivity contribution < 1.29 is 5.11 Å². The minimum Gasteiger partial charge on any atom is -0.391 e. The number of hydrogen-bond acceptors (Lipinski definition) is 2. The molecule has 1 saturated carbocycles. The average Bonchev–Trinajstić information content (AvgIpc) is 2.16. The monoisotopic (exact) mass is 181 g/mol. The lowest BCUT2D eigenvalue weighted by atomic mass is 9.67. The van der Waals surface area contributed by atoms with Gasteiger partial charge in [0.2, 0.25) is 0 Å². The van der Waals surface area contributed by atoms with E-state index in [1.807, 2.05) is 6.92 Å². The van der Waals surface area contributed by atoms with Crippen LogP contribution in [0.1, 0.15) is 46.0 Å². The highest BCUT2D eigenvalue weighted by molar-refractivity contribution is 5.05. The Labute approximate surface area is 80.6 Å². The molecule has 0 aromatic carbocycles. The van der Waals surface area contributed by atoms with Gasteiger partial charge in [0, 0.05) is 0 Å². The molecule has 0 aromatic rings. The molecule has 13 heavy (non-hydrogen) atoms. The highest BCUT2D eigenvalue weighted by Crippen LogP contribution is 2.42. The third kappa shape index (κ3) is 2.03. The van der Waals surface area contributed by atoms with Gasteiger partial charge < -0.3 is 5.11 Å². The summed E-state index contributed by atoms with van der Waals surface area (Å²) in [6, 6.07) is 2.35. The quantitative estimate of drug-likeness (QED) is 0.711. The molecule has 0 aromatic heterocycles. The van der Waals surface area contributed by atoms with Gasteiger partial charge in [-0.05, 0) is 25.2 Å². The highest BCUT2D eigenvalue weighted by Gasteiger charge is 2.40. The van der Waals surface area contributed by atoms with E-state index in [-0.39, 0.29) is 0 Å². The van der Waals surface area contributed by atoms with Gasteiger partial charge in [0.1, 0.15) is 0 Å². The molecule has 1 rings (SSSR count). The van der Waals surface area contributed by atoms with E-state index in [2.05, 4.69) is 13.0 Å². The molecule has 0 radical (unpaired) electrons. The van der Waals surface area contributed by atoms with E-state index in [0.717, 1.165) is 19.3 Å².